The van der Waals surface area contributed by atoms with E-state index in [0.29, 0.717) is 0 Å². The monoisotopic (exact) mass is 839 g/mol. The Labute approximate surface area is 368 Å². The van der Waals surface area contributed by atoms with E-state index in [1.54, 1.807) is 31.2 Å². The van der Waals surface area contributed by atoms with Crippen LogP contribution in [0.3, 0.4) is 0 Å². The molecule has 0 amide bonds. The second-order valence-corrected chi connectivity index (χ2v) is 16.8. The lowest BCUT2D eigenvalue weighted by Gasteiger charge is -2.01. The van der Waals surface area contributed by atoms with E-state index in [2.05, 4.69) is 85.8 Å². The lowest BCUT2D eigenvalue weighted by atomic mass is 10.1. The number of carbonyl (C=O) groups excluding carboxylic acids is 1. The topological polar surface area (TPSA) is 129 Å². The SMILES string of the molecule is CC(=O)/C=C\C/C=C/CCCCC(C)C.CC(C)CCCC/C=C/C/C=C/C(=O)O.CC(C)CCCC/C=C\C/C=C/C(=O)O.CC(C)CCCC/C=C\C/C=C\C(=O)O. The number of unbranched alkanes of at least 4 members (excludes halogenated alkanes) is 8. The van der Waals surface area contributed by atoms with Crippen LogP contribution in [0.2, 0.25) is 0 Å². The smallest absolute Gasteiger partial charge is 0.327 e. The Morgan fingerprint density at radius 1 is 0.333 bits per heavy atom. The molecular weight excluding hydrogens is 749 g/mol. The zero-order valence-electron chi connectivity index (χ0n) is 39.7. The molecule has 0 aliphatic carbocycles. The van der Waals surface area contributed by atoms with Crippen molar-refractivity contribution < 1.29 is 34.5 Å². The van der Waals surface area contributed by atoms with Crippen molar-refractivity contribution in [2.75, 3.05) is 0 Å². The van der Waals surface area contributed by atoms with Gasteiger partial charge in [-0.1, -0.05) is 180 Å². The van der Waals surface area contributed by atoms with E-state index >= 15 is 0 Å². The molecule has 0 atom stereocenters. The van der Waals surface area contributed by atoms with Crippen molar-refractivity contribution in [3.63, 3.8) is 0 Å². The van der Waals surface area contributed by atoms with Crippen LogP contribution in [0.4, 0.5) is 0 Å². The average molecular weight is 839 g/mol. The van der Waals surface area contributed by atoms with Crippen LogP contribution in [0.25, 0.3) is 0 Å². The maximum absolute atomic E-state index is 10.6. The van der Waals surface area contributed by atoms with E-state index < -0.39 is 17.9 Å². The van der Waals surface area contributed by atoms with Gasteiger partial charge >= 0.3 is 17.9 Å². The molecule has 0 bridgehead atoms. The van der Waals surface area contributed by atoms with Gasteiger partial charge in [-0.25, -0.2) is 14.4 Å². The van der Waals surface area contributed by atoms with Crippen molar-refractivity contribution in [1.82, 2.24) is 0 Å². The van der Waals surface area contributed by atoms with Gasteiger partial charge in [-0.05, 0) is 114 Å². The highest BCUT2D eigenvalue weighted by Crippen LogP contribution is 2.11. The summed E-state index contributed by atoms with van der Waals surface area (Å²) in [6, 6.07) is 0. The van der Waals surface area contributed by atoms with E-state index in [9.17, 15) is 19.2 Å². The number of hydrogen-bond donors (Lipinski definition) is 3. The number of ketones is 1. The minimum absolute atomic E-state index is 0.125. The number of rotatable bonds is 32. The highest BCUT2D eigenvalue weighted by Gasteiger charge is 1.95. The summed E-state index contributed by atoms with van der Waals surface area (Å²) < 4.78 is 0. The fourth-order valence-electron chi connectivity index (χ4n) is 5.17. The van der Waals surface area contributed by atoms with Gasteiger partial charge in [-0.2, -0.15) is 0 Å². The predicted molar refractivity (Wildman–Crippen MR) is 258 cm³/mol. The molecule has 0 unspecified atom stereocenters. The largest absolute Gasteiger partial charge is 0.478 e. The first kappa shape index (κ1) is 62.6. The molecule has 7 nitrogen and oxygen atoms in total. The minimum Gasteiger partial charge on any atom is -0.478 e. The molecule has 0 spiro atoms. The minimum atomic E-state index is -0.875. The molecule has 3 N–H and O–H groups in total. The van der Waals surface area contributed by atoms with Gasteiger partial charge in [0.15, 0.2) is 5.78 Å². The molecule has 344 valence electrons. The summed E-state index contributed by atoms with van der Waals surface area (Å²) in [6.45, 7) is 19.6. The van der Waals surface area contributed by atoms with Gasteiger partial charge in [-0.15, -0.1) is 0 Å². The lowest BCUT2D eigenvalue weighted by molar-refractivity contribution is -0.132. The quantitative estimate of drug-likeness (QED) is 0.0349. The van der Waals surface area contributed by atoms with Crippen molar-refractivity contribution in [2.24, 2.45) is 23.7 Å². The Morgan fingerprint density at radius 3 is 0.733 bits per heavy atom. The van der Waals surface area contributed by atoms with Crippen LogP contribution in [0.5, 0.6) is 0 Å². The van der Waals surface area contributed by atoms with Crippen molar-refractivity contribution in [3.8, 4) is 0 Å². The van der Waals surface area contributed by atoms with Crippen LogP contribution < -0.4 is 0 Å². The van der Waals surface area contributed by atoms with Crippen LogP contribution in [0.15, 0.2) is 97.2 Å². The van der Waals surface area contributed by atoms with Gasteiger partial charge in [0.1, 0.15) is 0 Å². The highest BCUT2D eigenvalue weighted by atomic mass is 16.4. The zero-order chi connectivity index (χ0) is 46.1. The second kappa shape index (κ2) is 51.1. The molecule has 7 heteroatoms. The third-order valence-corrected chi connectivity index (χ3v) is 8.50. The van der Waals surface area contributed by atoms with E-state index in [1.807, 2.05) is 24.3 Å². The van der Waals surface area contributed by atoms with Crippen LogP contribution >= 0.6 is 0 Å². The molecule has 0 aromatic heterocycles. The summed E-state index contributed by atoms with van der Waals surface area (Å²) in [5, 5.41) is 25.0. The maximum Gasteiger partial charge on any atom is 0.327 e. The summed E-state index contributed by atoms with van der Waals surface area (Å²) in [5.41, 5.74) is 0. The van der Waals surface area contributed by atoms with Crippen molar-refractivity contribution in [3.05, 3.63) is 97.2 Å². The predicted octanol–water partition coefficient (Wildman–Crippen LogP) is 15.7. The Kier molecular flexibility index (Phi) is 53.4. The second-order valence-electron chi connectivity index (χ2n) is 16.8. The first-order chi connectivity index (χ1) is 28.5. The first-order valence-corrected chi connectivity index (χ1v) is 23.0. The molecule has 0 aliphatic heterocycles. The summed E-state index contributed by atoms with van der Waals surface area (Å²) in [5.74, 6) is 0.723. The summed E-state index contributed by atoms with van der Waals surface area (Å²) in [4.78, 5) is 40.9. The van der Waals surface area contributed by atoms with Gasteiger partial charge < -0.3 is 15.3 Å². The van der Waals surface area contributed by atoms with E-state index in [4.69, 9.17) is 15.3 Å². The van der Waals surface area contributed by atoms with Crippen molar-refractivity contribution in [1.29, 1.82) is 0 Å². The van der Waals surface area contributed by atoms with Crippen molar-refractivity contribution in [2.45, 2.75) is 191 Å². The van der Waals surface area contributed by atoms with E-state index in [-0.39, 0.29) is 5.78 Å². The van der Waals surface area contributed by atoms with Crippen LogP contribution in [-0.4, -0.2) is 39.0 Å². The fraction of sp³-hybridized carbons (Fsp3) is 0.623. The molecular formula is C53H90O7. The number of aliphatic carboxylic acids is 3. The average Bonchev–Trinajstić information content (AvgIpc) is 3.15. The van der Waals surface area contributed by atoms with Gasteiger partial charge in [0, 0.05) is 18.2 Å². The molecule has 0 aromatic carbocycles. The van der Waals surface area contributed by atoms with Crippen LogP contribution in [-0.2, 0) is 19.2 Å². The maximum atomic E-state index is 10.6. The summed E-state index contributed by atoms with van der Waals surface area (Å²) in [6.07, 6.45) is 51.8. The van der Waals surface area contributed by atoms with Crippen LogP contribution in [0.1, 0.15) is 191 Å². The third-order valence-electron chi connectivity index (χ3n) is 8.50. The number of hydrogen-bond acceptors (Lipinski definition) is 4. The molecule has 0 heterocycles. The highest BCUT2D eigenvalue weighted by molar-refractivity contribution is 5.87. The molecule has 0 saturated heterocycles. The summed E-state index contributed by atoms with van der Waals surface area (Å²) >= 11 is 0. The Morgan fingerprint density at radius 2 is 0.550 bits per heavy atom. The molecule has 0 aliphatic rings. The van der Waals surface area contributed by atoms with E-state index in [1.165, 1.54) is 102 Å². The Hall–Kier alpha value is -4.00. The first-order valence-electron chi connectivity index (χ1n) is 23.0. The van der Waals surface area contributed by atoms with Gasteiger partial charge in [0.2, 0.25) is 0 Å². The molecule has 60 heavy (non-hydrogen) atoms. The molecule has 0 radical (unpaired) electrons. The third kappa shape index (κ3) is 78.4. The molecule has 0 aromatic rings. The van der Waals surface area contributed by atoms with Crippen molar-refractivity contribution >= 4 is 23.7 Å². The van der Waals surface area contributed by atoms with Gasteiger partial charge in [0.25, 0.3) is 0 Å². The molecule has 0 fully saturated rings. The zero-order valence-corrected chi connectivity index (χ0v) is 39.7. The standard InChI is InChI=1S/C14H24O.3C13H22O2/c1-13(2)11-9-7-5-4-6-8-10-12-14(3)15;3*1-12(2)10-8-6-4-3-5-7-9-11-13(14)15/h4,6,10,12-13H,5,7-9,11H2,1-3H3;3*3,5,9,11-12H,4,6-8,10H2,1-2H3,(H,14,15)/b6-4+,12-10-;5-3+,11-9+;5-3-,11-9+;5-3-,11-9-. The van der Waals surface area contributed by atoms with Gasteiger partial charge in [0.05, 0.1) is 0 Å². The number of carbonyl (C=O) groups is 4. The van der Waals surface area contributed by atoms with Gasteiger partial charge in [-0.3, -0.25) is 4.79 Å². The number of allylic oxidation sites excluding steroid dienone is 13. The fourth-order valence-corrected chi connectivity index (χ4v) is 5.17. The molecule has 0 rings (SSSR count). The number of carboxylic acids is 3. The Bertz CT molecular complexity index is 1050. The summed E-state index contributed by atoms with van der Waals surface area (Å²) in [7, 11) is 0. The Balaban J connectivity index is -0.000000348. The van der Waals surface area contributed by atoms with Crippen LogP contribution in [0, 0.1) is 23.7 Å². The number of carboxylic acid groups (broad SMARTS) is 3. The van der Waals surface area contributed by atoms with E-state index in [0.717, 1.165) is 68.6 Å². The lowest BCUT2D eigenvalue weighted by Crippen LogP contribution is -1.86. The molecule has 0 saturated carbocycles. The normalized spacial score (nSPS) is 11.9.